The minimum Gasteiger partial charge on any atom is -0.436 e. The maximum absolute atomic E-state index is 5.78. The van der Waals surface area contributed by atoms with Gasteiger partial charge in [0.05, 0.1) is 17.3 Å². The summed E-state index contributed by atoms with van der Waals surface area (Å²) in [5.74, 6) is 1.18. The van der Waals surface area contributed by atoms with Gasteiger partial charge in [-0.1, -0.05) is 22.0 Å². The van der Waals surface area contributed by atoms with E-state index in [4.69, 9.17) is 8.83 Å². The summed E-state index contributed by atoms with van der Waals surface area (Å²) in [6, 6.07) is 19.3. The van der Waals surface area contributed by atoms with Crippen LogP contribution in [0.2, 0.25) is 0 Å². The van der Waals surface area contributed by atoms with Gasteiger partial charge in [0.1, 0.15) is 11.0 Å². The Morgan fingerprint density at radius 1 is 0.676 bits per heavy atom. The number of aryl methyl sites for hydroxylation is 1. The molecule has 0 aliphatic heterocycles. The zero-order valence-electron chi connectivity index (χ0n) is 19.6. The van der Waals surface area contributed by atoms with Gasteiger partial charge in [0.25, 0.3) is 0 Å². The van der Waals surface area contributed by atoms with Crippen LogP contribution < -0.4 is 0 Å². The van der Waals surface area contributed by atoms with Crippen LogP contribution in [0, 0.1) is 0 Å². The largest absolute Gasteiger partial charge is 0.436 e. The van der Waals surface area contributed by atoms with Crippen LogP contribution in [0.1, 0.15) is 0 Å². The summed E-state index contributed by atoms with van der Waals surface area (Å²) in [5, 5.41) is 4.19. The Bertz CT molecular complexity index is 1810. The normalized spacial score (nSPS) is 11.0. The Hall–Kier alpha value is -4.63. The second-order valence-electron chi connectivity index (χ2n) is 8.22. The molecule has 0 aliphatic carbocycles. The van der Waals surface area contributed by atoms with E-state index < -0.39 is 0 Å². The highest BCUT2D eigenvalue weighted by Gasteiger charge is 2.10. The predicted molar refractivity (Wildman–Crippen MR) is 144 cm³/mol. The van der Waals surface area contributed by atoms with Gasteiger partial charge in [0, 0.05) is 48.1 Å². The fourth-order valence-electron chi connectivity index (χ4n) is 3.80. The van der Waals surface area contributed by atoms with Gasteiger partial charge in [-0.15, -0.1) is 0 Å². The third-order valence-corrected chi connectivity index (χ3v) is 6.09. The molecule has 0 unspecified atom stereocenters. The average Bonchev–Trinajstić information content (AvgIpc) is 3.67. The Morgan fingerprint density at radius 2 is 1.30 bits per heavy atom. The highest BCUT2D eigenvalue weighted by molar-refractivity contribution is 9.10. The number of nitrogens with zero attached hydrogens (tertiary/aromatic N) is 6. The second kappa shape index (κ2) is 9.79. The van der Waals surface area contributed by atoms with E-state index in [2.05, 4.69) is 41.0 Å². The van der Waals surface area contributed by atoms with Gasteiger partial charge in [-0.25, -0.2) is 9.97 Å². The molecule has 0 spiro atoms. The van der Waals surface area contributed by atoms with E-state index in [0.29, 0.717) is 11.8 Å². The highest BCUT2D eigenvalue weighted by atomic mass is 79.9. The van der Waals surface area contributed by atoms with Crippen molar-refractivity contribution in [2.75, 3.05) is 0 Å². The Labute approximate surface area is 219 Å². The highest BCUT2D eigenvalue weighted by Crippen LogP contribution is 2.28. The van der Waals surface area contributed by atoms with Crippen LogP contribution in [0.5, 0.6) is 0 Å². The van der Waals surface area contributed by atoms with Crippen molar-refractivity contribution in [3.8, 4) is 34.0 Å². The molecule has 0 fully saturated rings. The lowest BCUT2D eigenvalue weighted by molar-refractivity contribution is 0.619. The molecule has 9 heteroatoms. The Kier molecular flexibility index (Phi) is 6.03. The van der Waals surface area contributed by atoms with Crippen LogP contribution in [0.25, 0.3) is 56.2 Å². The van der Waals surface area contributed by atoms with Gasteiger partial charge in [-0.2, -0.15) is 5.10 Å². The molecule has 37 heavy (non-hydrogen) atoms. The third-order valence-electron chi connectivity index (χ3n) is 5.59. The van der Waals surface area contributed by atoms with Crippen LogP contribution >= 0.6 is 15.9 Å². The fraction of sp³-hybridized carbons (Fsp3) is 0.0357. The van der Waals surface area contributed by atoms with Crippen LogP contribution in [-0.4, -0.2) is 29.7 Å². The van der Waals surface area contributed by atoms with Gasteiger partial charge in [-0.3, -0.25) is 14.6 Å². The first-order chi connectivity index (χ1) is 18.1. The average molecular weight is 551 g/mol. The number of halogens is 1. The summed E-state index contributed by atoms with van der Waals surface area (Å²) < 4.78 is 14.2. The lowest BCUT2D eigenvalue weighted by Gasteiger charge is -1.95. The number of oxazole rings is 2. The van der Waals surface area contributed by atoms with Crippen molar-refractivity contribution in [3.05, 3.63) is 102 Å². The van der Waals surface area contributed by atoms with E-state index in [1.807, 2.05) is 80.1 Å². The topological polar surface area (TPSA) is 95.7 Å². The molecule has 0 aliphatic rings. The predicted octanol–water partition coefficient (Wildman–Crippen LogP) is 6.94. The maximum atomic E-state index is 5.78. The Morgan fingerprint density at radius 3 is 1.86 bits per heavy atom. The van der Waals surface area contributed by atoms with Crippen LogP contribution in [0.15, 0.2) is 111 Å². The fourth-order valence-corrected chi connectivity index (χ4v) is 4.15. The molecule has 0 N–H and O–H groups in total. The van der Waals surface area contributed by atoms with Crippen LogP contribution in [0.3, 0.4) is 0 Å². The van der Waals surface area contributed by atoms with Gasteiger partial charge in [0.2, 0.25) is 11.8 Å². The van der Waals surface area contributed by atoms with E-state index in [1.54, 1.807) is 29.5 Å². The molecular formula is C28H19BrN6O2. The van der Waals surface area contributed by atoms with E-state index in [1.165, 1.54) is 0 Å². The molecule has 0 radical (unpaired) electrons. The van der Waals surface area contributed by atoms with Crippen molar-refractivity contribution >= 4 is 38.1 Å². The van der Waals surface area contributed by atoms with Crippen LogP contribution in [0.4, 0.5) is 0 Å². The molecular weight excluding hydrogens is 532 g/mol. The summed E-state index contributed by atoms with van der Waals surface area (Å²) in [6.07, 6.45) is 10.7. The third kappa shape index (κ3) is 4.89. The first kappa shape index (κ1) is 22.8. The van der Waals surface area contributed by atoms with Crippen molar-refractivity contribution in [3.63, 3.8) is 0 Å². The minimum atomic E-state index is 0.585. The quantitative estimate of drug-likeness (QED) is 0.235. The monoisotopic (exact) mass is 550 g/mol. The first-order valence-electron chi connectivity index (χ1n) is 11.4. The molecule has 180 valence electrons. The zero-order valence-corrected chi connectivity index (χ0v) is 21.2. The summed E-state index contributed by atoms with van der Waals surface area (Å²) in [5.41, 5.74) is 7.10. The number of fused-ring (bicyclic) bond motifs is 2. The van der Waals surface area contributed by atoms with Gasteiger partial charge in [-0.05, 0) is 60.2 Å². The summed E-state index contributed by atoms with van der Waals surface area (Å²) in [7, 11) is 1.90. The van der Waals surface area contributed by atoms with Crippen molar-refractivity contribution in [2.45, 2.75) is 0 Å². The molecule has 7 aromatic rings. The van der Waals surface area contributed by atoms with E-state index in [-0.39, 0.29) is 0 Å². The summed E-state index contributed by atoms with van der Waals surface area (Å²) >= 11 is 3.40. The van der Waals surface area contributed by atoms with E-state index in [0.717, 1.165) is 48.9 Å². The van der Waals surface area contributed by atoms with Gasteiger partial charge < -0.3 is 8.83 Å². The number of hydrogen-bond acceptors (Lipinski definition) is 7. The number of rotatable bonds is 3. The molecule has 7 rings (SSSR count). The SMILES string of the molecule is Brc1ccc2oc(-c3cccnc3)nc2c1.Cn1cc(-c2ccc3oc(-c4cccnc4)nc3c2)cn1. The standard InChI is InChI=1S/C16H12N4O.C12H7BrN2O/c1-20-10-13(9-18-20)11-4-5-15-14(7-11)19-16(21-15)12-3-2-6-17-8-12;13-9-3-4-11-10(6-9)15-12(16-11)8-2-1-5-14-7-8/h2-10H,1H3;1-7H. The van der Waals surface area contributed by atoms with Crippen molar-refractivity contribution < 1.29 is 8.83 Å². The smallest absolute Gasteiger partial charge is 0.228 e. The van der Waals surface area contributed by atoms with E-state index >= 15 is 0 Å². The molecule has 0 atom stereocenters. The van der Waals surface area contributed by atoms with E-state index in [9.17, 15) is 0 Å². The lowest BCUT2D eigenvalue weighted by Crippen LogP contribution is -1.84. The molecule has 0 saturated heterocycles. The molecule has 2 aromatic carbocycles. The number of benzene rings is 2. The molecule has 5 aromatic heterocycles. The molecule has 0 saturated carbocycles. The molecule has 8 nitrogen and oxygen atoms in total. The van der Waals surface area contributed by atoms with Crippen LogP contribution in [-0.2, 0) is 7.05 Å². The lowest BCUT2D eigenvalue weighted by atomic mass is 10.1. The molecule has 5 heterocycles. The molecule has 0 amide bonds. The zero-order chi connectivity index (χ0) is 25.2. The summed E-state index contributed by atoms with van der Waals surface area (Å²) in [4.78, 5) is 17.1. The minimum absolute atomic E-state index is 0.585. The van der Waals surface area contributed by atoms with Crippen molar-refractivity contribution in [2.24, 2.45) is 7.05 Å². The Balaban J connectivity index is 0.000000141. The number of aromatic nitrogens is 6. The number of hydrogen-bond donors (Lipinski definition) is 0. The maximum Gasteiger partial charge on any atom is 0.228 e. The number of pyridine rings is 2. The summed E-state index contributed by atoms with van der Waals surface area (Å²) in [6.45, 7) is 0. The van der Waals surface area contributed by atoms with Gasteiger partial charge in [0.15, 0.2) is 11.2 Å². The molecule has 0 bridgehead atoms. The van der Waals surface area contributed by atoms with Gasteiger partial charge >= 0.3 is 0 Å². The second-order valence-corrected chi connectivity index (χ2v) is 9.13. The van der Waals surface area contributed by atoms with Crippen molar-refractivity contribution in [1.82, 2.24) is 29.7 Å². The first-order valence-corrected chi connectivity index (χ1v) is 12.2. The van der Waals surface area contributed by atoms with Crippen molar-refractivity contribution in [1.29, 1.82) is 0 Å².